The van der Waals surface area contributed by atoms with Crippen LogP contribution in [-0.2, 0) is 0 Å². The molecule has 1 unspecified atom stereocenters. The van der Waals surface area contributed by atoms with Gasteiger partial charge in [0.2, 0.25) is 5.88 Å². The molecule has 0 saturated heterocycles. The van der Waals surface area contributed by atoms with Gasteiger partial charge in [0.25, 0.3) is 5.91 Å². The molecule has 0 saturated carbocycles. The summed E-state index contributed by atoms with van der Waals surface area (Å²) in [6.45, 7) is 1.35. The molecule has 3 rings (SSSR count). The van der Waals surface area contributed by atoms with E-state index < -0.39 is 0 Å². The Kier molecular flexibility index (Phi) is 5.02. The maximum atomic E-state index is 13.0. The Bertz CT molecular complexity index is 718. The van der Waals surface area contributed by atoms with E-state index in [9.17, 15) is 4.79 Å². The molecule has 5 nitrogen and oxygen atoms in total. The van der Waals surface area contributed by atoms with Crippen molar-refractivity contribution in [1.29, 1.82) is 0 Å². The molecular weight excluding hydrogens is 326 g/mol. The fourth-order valence-electron chi connectivity index (χ4n) is 2.67. The highest BCUT2D eigenvalue weighted by atomic mass is 35.5. The highest BCUT2D eigenvalue weighted by Crippen LogP contribution is 2.28. The lowest BCUT2D eigenvalue weighted by molar-refractivity contribution is 0.0986. The fraction of sp³-hybridized carbons (Fsp3) is 0.333. The Morgan fingerprint density at radius 2 is 2.04 bits per heavy atom. The molecule has 0 radical (unpaired) electrons. The van der Waals surface area contributed by atoms with Crippen LogP contribution in [0, 0.1) is 0 Å². The van der Waals surface area contributed by atoms with Crippen molar-refractivity contribution in [2.24, 2.45) is 0 Å². The number of benzene rings is 1. The van der Waals surface area contributed by atoms with Gasteiger partial charge in [0.05, 0.1) is 6.54 Å². The van der Waals surface area contributed by atoms with Crippen LogP contribution in [0.15, 0.2) is 42.6 Å². The van der Waals surface area contributed by atoms with Crippen LogP contribution in [0.2, 0.25) is 5.02 Å². The molecule has 0 bridgehead atoms. The number of amides is 1. The number of aromatic nitrogens is 1. The van der Waals surface area contributed by atoms with E-state index in [2.05, 4.69) is 9.88 Å². The van der Waals surface area contributed by atoms with Gasteiger partial charge in [-0.3, -0.25) is 4.79 Å². The van der Waals surface area contributed by atoms with E-state index in [4.69, 9.17) is 16.3 Å². The third-order valence-electron chi connectivity index (χ3n) is 3.95. The molecule has 0 N–H and O–H groups in total. The zero-order chi connectivity index (χ0) is 17.1. The maximum absolute atomic E-state index is 13.0. The zero-order valence-corrected chi connectivity index (χ0v) is 14.5. The molecule has 2 aromatic rings. The number of halogens is 1. The maximum Gasteiger partial charge on any atom is 0.263 e. The zero-order valence-electron chi connectivity index (χ0n) is 13.8. The summed E-state index contributed by atoms with van der Waals surface area (Å²) in [7, 11) is 4.04. The van der Waals surface area contributed by atoms with Gasteiger partial charge in [0.15, 0.2) is 0 Å². The number of rotatable bonds is 4. The van der Waals surface area contributed by atoms with Crippen LogP contribution < -0.4 is 9.64 Å². The molecule has 0 aliphatic carbocycles. The van der Waals surface area contributed by atoms with Crippen LogP contribution in [0.3, 0.4) is 0 Å². The quantitative estimate of drug-likeness (QED) is 0.854. The number of carbonyl (C=O) groups excluding carboxylic acids is 1. The Morgan fingerprint density at radius 3 is 2.75 bits per heavy atom. The average Bonchev–Trinajstić information content (AvgIpc) is 2.71. The number of fused-ring (bicyclic) bond motifs is 1. The number of anilines is 1. The second-order valence-electron chi connectivity index (χ2n) is 6.08. The first-order valence-electron chi connectivity index (χ1n) is 7.88. The van der Waals surface area contributed by atoms with E-state index in [-0.39, 0.29) is 12.0 Å². The van der Waals surface area contributed by atoms with Gasteiger partial charge in [-0.15, -0.1) is 0 Å². The van der Waals surface area contributed by atoms with Gasteiger partial charge < -0.3 is 14.5 Å². The van der Waals surface area contributed by atoms with Crippen molar-refractivity contribution in [2.45, 2.75) is 12.5 Å². The molecule has 6 heteroatoms. The topological polar surface area (TPSA) is 45.7 Å². The second-order valence-corrected chi connectivity index (χ2v) is 6.52. The molecule has 1 aromatic heterocycles. The molecule has 0 spiro atoms. The van der Waals surface area contributed by atoms with Gasteiger partial charge in [-0.05, 0) is 56.9 Å². The van der Waals surface area contributed by atoms with Gasteiger partial charge in [0.1, 0.15) is 11.7 Å². The number of carbonyl (C=O) groups is 1. The van der Waals surface area contributed by atoms with Crippen molar-refractivity contribution >= 4 is 23.2 Å². The molecule has 0 fully saturated rings. The normalized spacial score (nSPS) is 17.4. The highest BCUT2D eigenvalue weighted by Gasteiger charge is 2.30. The van der Waals surface area contributed by atoms with Crippen LogP contribution >= 0.6 is 11.6 Å². The molecule has 1 aromatic carbocycles. The van der Waals surface area contributed by atoms with Crippen LogP contribution in [-0.4, -0.2) is 49.1 Å². The van der Waals surface area contributed by atoms with Gasteiger partial charge in [-0.2, -0.15) is 0 Å². The summed E-state index contributed by atoms with van der Waals surface area (Å²) in [4.78, 5) is 21.1. The Hall–Kier alpha value is -2.11. The van der Waals surface area contributed by atoms with Gasteiger partial charge in [-0.1, -0.05) is 11.6 Å². The third-order valence-corrected chi connectivity index (χ3v) is 4.20. The first-order chi connectivity index (χ1) is 11.5. The van der Waals surface area contributed by atoms with E-state index in [1.807, 2.05) is 26.2 Å². The largest absolute Gasteiger partial charge is 0.472 e. The molecule has 1 atom stereocenters. The Labute approximate surface area is 146 Å². The SMILES string of the molecule is CN(C)CCC1CN(c2ccc(Cl)cc2)C(=O)c2cccnc2O1. The summed E-state index contributed by atoms with van der Waals surface area (Å²) in [5.41, 5.74) is 1.29. The molecule has 2 heterocycles. The van der Waals surface area contributed by atoms with E-state index in [1.54, 1.807) is 35.4 Å². The standard InChI is InChI=1S/C18H20ClN3O2/c1-21(2)11-9-15-12-22(14-7-5-13(19)6-8-14)18(23)16-4-3-10-20-17(16)24-15/h3-8,10,15H,9,11-12H2,1-2H3. The smallest absolute Gasteiger partial charge is 0.263 e. The lowest BCUT2D eigenvalue weighted by Crippen LogP contribution is -2.38. The molecule has 1 amide bonds. The summed E-state index contributed by atoms with van der Waals surface area (Å²) in [6.07, 6.45) is 2.33. The van der Waals surface area contributed by atoms with Crippen LogP contribution in [0.5, 0.6) is 5.88 Å². The minimum atomic E-state index is -0.122. The number of ether oxygens (including phenoxy) is 1. The second kappa shape index (κ2) is 7.20. The fourth-order valence-corrected chi connectivity index (χ4v) is 2.80. The van der Waals surface area contributed by atoms with Crippen LogP contribution in [0.25, 0.3) is 0 Å². The number of nitrogens with zero attached hydrogens (tertiary/aromatic N) is 3. The third kappa shape index (κ3) is 3.68. The van der Waals surface area contributed by atoms with Crippen molar-refractivity contribution in [3.8, 4) is 5.88 Å². The number of pyridine rings is 1. The lowest BCUT2D eigenvalue weighted by Gasteiger charge is -2.25. The molecule has 24 heavy (non-hydrogen) atoms. The molecule has 1 aliphatic rings. The van der Waals surface area contributed by atoms with Crippen LogP contribution in [0.1, 0.15) is 16.8 Å². The van der Waals surface area contributed by atoms with Crippen molar-refractivity contribution in [1.82, 2.24) is 9.88 Å². The number of hydrogen-bond acceptors (Lipinski definition) is 4. The van der Waals surface area contributed by atoms with Crippen molar-refractivity contribution in [3.05, 3.63) is 53.2 Å². The van der Waals surface area contributed by atoms with Crippen molar-refractivity contribution < 1.29 is 9.53 Å². The van der Waals surface area contributed by atoms with Gasteiger partial charge in [0, 0.05) is 23.5 Å². The summed E-state index contributed by atoms with van der Waals surface area (Å²) in [5, 5.41) is 0.642. The lowest BCUT2D eigenvalue weighted by atomic mass is 10.2. The number of hydrogen-bond donors (Lipinski definition) is 0. The monoisotopic (exact) mass is 345 g/mol. The highest BCUT2D eigenvalue weighted by molar-refractivity contribution is 6.30. The van der Waals surface area contributed by atoms with Gasteiger partial charge in [-0.25, -0.2) is 4.98 Å². The van der Waals surface area contributed by atoms with E-state index >= 15 is 0 Å². The van der Waals surface area contributed by atoms with Gasteiger partial charge >= 0.3 is 0 Å². The molecule has 1 aliphatic heterocycles. The van der Waals surface area contributed by atoms with E-state index in [0.717, 1.165) is 18.7 Å². The first kappa shape index (κ1) is 16.7. The predicted molar refractivity (Wildman–Crippen MR) is 95.0 cm³/mol. The summed E-state index contributed by atoms with van der Waals surface area (Å²) in [5.74, 6) is 0.301. The van der Waals surface area contributed by atoms with E-state index in [1.165, 1.54) is 0 Å². The molecule has 126 valence electrons. The minimum absolute atomic E-state index is 0.104. The van der Waals surface area contributed by atoms with Crippen LogP contribution in [0.4, 0.5) is 5.69 Å². The summed E-state index contributed by atoms with van der Waals surface area (Å²) < 4.78 is 6.03. The Morgan fingerprint density at radius 1 is 1.29 bits per heavy atom. The predicted octanol–water partition coefficient (Wildman–Crippen LogP) is 3.09. The first-order valence-corrected chi connectivity index (χ1v) is 8.26. The minimum Gasteiger partial charge on any atom is -0.472 e. The van der Waals surface area contributed by atoms with Crippen molar-refractivity contribution in [2.75, 3.05) is 32.1 Å². The summed E-state index contributed by atoms with van der Waals surface area (Å²) in [6, 6.07) is 10.8. The van der Waals surface area contributed by atoms with Crippen molar-refractivity contribution in [3.63, 3.8) is 0 Å². The Balaban J connectivity index is 1.94. The average molecular weight is 346 g/mol. The van der Waals surface area contributed by atoms with E-state index in [0.29, 0.717) is 23.0 Å². The summed E-state index contributed by atoms with van der Waals surface area (Å²) >= 11 is 5.97. The molecular formula is C18H20ClN3O2.